The Kier molecular flexibility index (Phi) is 1.95. The normalized spacial score (nSPS) is 19.3. The first kappa shape index (κ1) is 6.92. The molecule has 1 aliphatic heterocycles. The van der Waals surface area contributed by atoms with Gasteiger partial charge in [-0.2, -0.15) is 0 Å². The Labute approximate surface area is 66.8 Å². The fourth-order valence-electron chi connectivity index (χ4n) is 1.42. The molecule has 1 radical (unpaired) electrons. The van der Waals surface area contributed by atoms with Gasteiger partial charge < -0.3 is 4.42 Å². The summed E-state index contributed by atoms with van der Waals surface area (Å²) in [5, 5.41) is 0. The van der Waals surface area contributed by atoms with E-state index in [4.69, 9.17) is 4.42 Å². The Morgan fingerprint density at radius 2 is 2.18 bits per heavy atom. The molecule has 1 aromatic heterocycles. The summed E-state index contributed by atoms with van der Waals surface area (Å²) < 4.78 is 5.20. The summed E-state index contributed by atoms with van der Waals surface area (Å²) in [7, 11) is 0. The lowest BCUT2D eigenvalue weighted by Crippen LogP contribution is -2.15. The van der Waals surface area contributed by atoms with Gasteiger partial charge in [0.05, 0.1) is 12.8 Å². The van der Waals surface area contributed by atoms with Gasteiger partial charge in [-0.3, -0.25) is 4.90 Å². The van der Waals surface area contributed by atoms with E-state index in [9.17, 15) is 0 Å². The van der Waals surface area contributed by atoms with Crippen molar-refractivity contribution >= 4 is 0 Å². The smallest absolute Gasteiger partial charge is 0.122 e. The van der Waals surface area contributed by atoms with E-state index in [1.807, 2.05) is 12.1 Å². The summed E-state index contributed by atoms with van der Waals surface area (Å²) in [6.07, 6.45) is 4.34. The minimum atomic E-state index is 0.965. The lowest BCUT2D eigenvalue weighted by Gasteiger charge is -2.10. The summed E-state index contributed by atoms with van der Waals surface area (Å²) >= 11 is 0. The maximum Gasteiger partial charge on any atom is 0.122 e. The van der Waals surface area contributed by atoms with Crippen molar-refractivity contribution in [3.63, 3.8) is 0 Å². The minimum absolute atomic E-state index is 0.965. The average Bonchev–Trinajstić information content (AvgIpc) is 2.60. The lowest BCUT2D eigenvalue weighted by atomic mass is 10.4. The van der Waals surface area contributed by atoms with Gasteiger partial charge in [0.1, 0.15) is 5.76 Å². The summed E-state index contributed by atoms with van der Waals surface area (Å²) in [4.78, 5) is 2.30. The predicted octanol–water partition coefficient (Wildman–Crippen LogP) is 1.89. The second-order valence-corrected chi connectivity index (χ2v) is 2.89. The molecule has 0 spiro atoms. The Morgan fingerprint density at radius 1 is 1.36 bits per heavy atom. The van der Waals surface area contributed by atoms with Crippen molar-refractivity contribution in [3.8, 4) is 0 Å². The van der Waals surface area contributed by atoms with Crippen LogP contribution in [-0.4, -0.2) is 18.0 Å². The molecule has 0 N–H and O–H groups in total. The first-order chi connectivity index (χ1) is 5.45. The van der Waals surface area contributed by atoms with Crippen LogP contribution in [0, 0.1) is 6.54 Å². The highest BCUT2D eigenvalue weighted by atomic mass is 16.3. The Morgan fingerprint density at radius 3 is 2.82 bits per heavy atom. The molecule has 0 amide bonds. The third-order valence-electron chi connectivity index (χ3n) is 1.99. The van der Waals surface area contributed by atoms with E-state index in [0.717, 1.165) is 5.76 Å². The van der Waals surface area contributed by atoms with Crippen LogP contribution in [0.3, 0.4) is 0 Å². The highest BCUT2D eigenvalue weighted by molar-refractivity contribution is 5.08. The van der Waals surface area contributed by atoms with Crippen molar-refractivity contribution in [2.45, 2.75) is 12.8 Å². The third-order valence-corrected chi connectivity index (χ3v) is 1.99. The van der Waals surface area contributed by atoms with E-state index in [1.165, 1.54) is 25.9 Å². The zero-order valence-corrected chi connectivity index (χ0v) is 6.49. The van der Waals surface area contributed by atoms with Crippen LogP contribution in [-0.2, 0) is 0 Å². The molecule has 1 aromatic rings. The zero-order chi connectivity index (χ0) is 7.52. The molecule has 1 saturated heterocycles. The number of likely N-dealkylation sites (tertiary alicyclic amines) is 1. The summed E-state index contributed by atoms with van der Waals surface area (Å²) in [5.74, 6) is 0.965. The Bertz CT molecular complexity index is 199. The number of hydrogen-bond acceptors (Lipinski definition) is 2. The average molecular weight is 150 g/mol. The van der Waals surface area contributed by atoms with Gasteiger partial charge in [-0.1, -0.05) is 0 Å². The fraction of sp³-hybridized carbons (Fsp3) is 0.444. The number of hydrogen-bond donors (Lipinski definition) is 0. The topological polar surface area (TPSA) is 16.4 Å². The molecule has 2 nitrogen and oxygen atoms in total. The van der Waals surface area contributed by atoms with Crippen molar-refractivity contribution < 1.29 is 4.42 Å². The molecule has 0 atom stereocenters. The molecule has 59 valence electrons. The van der Waals surface area contributed by atoms with Crippen LogP contribution in [0.25, 0.3) is 0 Å². The molecule has 11 heavy (non-hydrogen) atoms. The maximum atomic E-state index is 5.20. The van der Waals surface area contributed by atoms with Gasteiger partial charge >= 0.3 is 0 Å². The van der Waals surface area contributed by atoms with E-state index in [-0.39, 0.29) is 0 Å². The largest absolute Gasteiger partial charge is 0.468 e. The Hall–Kier alpha value is -0.760. The second kappa shape index (κ2) is 3.09. The molecule has 1 aliphatic rings. The van der Waals surface area contributed by atoms with Crippen molar-refractivity contribution in [2.24, 2.45) is 0 Å². The summed E-state index contributed by atoms with van der Waals surface area (Å²) in [5.41, 5.74) is 0. The molecular formula is C9H12NO. The molecule has 0 aromatic carbocycles. The Balaban J connectivity index is 1.90. The predicted molar refractivity (Wildman–Crippen MR) is 42.9 cm³/mol. The second-order valence-electron chi connectivity index (χ2n) is 2.89. The van der Waals surface area contributed by atoms with Gasteiger partial charge in [-0.25, -0.2) is 0 Å². The van der Waals surface area contributed by atoms with Crippen molar-refractivity contribution in [1.82, 2.24) is 4.90 Å². The SMILES string of the molecule is [CH](c1ccco1)N1CCCC1. The van der Waals surface area contributed by atoms with E-state index in [2.05, 4.69) is 11.4 Å². The van der Waals surface area contributed by atoms with Crippen molar-refractivity contribution in [3.05, 3.63) is 30.7 Å². The zero-order valence-electron chi connectivity index (χ0n) is 6.49. The van der Waals surface area contributed by atoms with Gasteiger partial charge in [0, 0.05) is 0 Å². The maximum absolute atomic E-state index is 5.20. The molecule has 2 heteroatoms. The first-order valence-electron chi connectivity index (χ1n) is 4.07. The molecule has 0 aliphatic carbocycles. The fourth-order valence-corrected chi connectivity index (χ4v) is 1.42. The molecule has 2 heterocycles. The number of nitrogens with zero attached hydrogens (tertiary/aromatic N) is 1. The lowest BCUT2D eigenvalue weighted by molar-refractivity contribution is 0.394. The van der Waals surface area contributed by atoms with Gasteiger partial charge in [-0.05, 0) is 38.1 Å². The summed E-state index contributed by atoms with van der Waals surface area (Å²) in [6, 6.07) is 3.90. The number of rotatable bonds is 2. The highest BCUT2D eigenvalue weighted by Crippen LogP contribution is 2.13. The standard InChI is InChI=1S/C9H12NO/c1-2-6-10(5-1)8-9-4-3-7-11-9/h3-4,7-8H,1-2,5-6H2. The quantitative estimate of drug-likeness (QED) is 0.640. The molecule has 1 fully saturated rings. The van der Waals surface area contributed by atoms with E-state index >= 15 is 0 Å². The van der Waals surface area contributed by atoms with Gasteiger partial charge in [0.15, 0.2) is 0 Å². The summed E-state index contributed by atoms with van der Waals surface area (Å²) in [6.45, 7) is 4.45. The monoisotopic (exact) mass is 150 g/mol. The van der Waals surface area contributed by atoms with Crippen LogP contribution in [0.5, 0.6) is 0 Å². The van der Waals surface area contributed by atoms with E-state index in [1.54, 1.807) is 6.26 Å². The van der Waals surface area contributed by atoms with E-state index in [0.29, 0.717) is 0 Å². The van der Waals surface area contributed by atoms with Crippen LogP contribution in [0.2, 0.25) is 0 Å². The van der Waals surface area contributed by atoms with Crippen LogP contribution in [0.1, 0.15) is 18.6 Å². The minimum Gasteiger partial charge on any atom is -0.468 e. The van der Waals surface area contributed by atoms with Gasteiger partial charge in [0.25, 0.3) is 0 Å². The third kappa shape index (κ3) is 1.63. The van der Waals surface area contributed by atoms with E-state index < -0.39 is 0 Å². The van der Waals surface area contributed by atoms with Crippen LogP contribution in [0.4, 0.5) is 0 Å². The molecule has 0 unspecified atom stereocenters. The van der Waals surface area contributed by atoms with Crippen molar-refractivity contribution in [1.29, 1.82) is 0 Å². The van der Waals surface area contributed by atoms with Gasteiger partial charge in [0.2, 0.25) is 0 Å². The first-order valence-corrected chi connectivity index (χ1v) is 4.07. The van der Waals surface area contributed by atoms with Crippen LogP contribution < -0.4 is 0 Å². The van der Waals surface area contributed by atoms with Crippen LogP contribution >= 0.6 is 0 Å². The molecule has 2 rings (SSSR count). The van der Waals surface area contributed by atoms with Crippen LogP contribution in [0.15, 0.2) is 22.8 Å². The molecular weight excluding hydrogens is 138 g/mol. The van der Waals surface area contributed by atoms with Crippen molar-refractivity contribution in [2.75, 3.05) is 13.1 Å². The van der Waals surface area contributed by atoms with Gasteiger partial charge in [-0.15, -0.1) is 0 Å². The molecule has 0 saturated carbocycles. The highest BCUT2D eigenvalue weighted by Gasteiger charge is 2.12. The molecule has 0 bridgehead atoms. The number of furan rings is 1.